The third kappa shape index (κ3) is 3.05. The summed E-state index contributed by atoms with van der Waals surface area (Å²) in [4.78, 5) is 14.2. The van der Waals surface area contributed by atoms with Crippen molar-refractivity contribution in [2.24, 2.45) is 11.8 Å². The second-order valence-corrected chi connectivity index (χ2v) is 5.85. The van der Waals surface area contributed by atoms with Crippen LogP contribution in [-0.2, 0) is 9.53 Å². The standard InChI is InChI=1S/C15H27NO2/c1-3-12-6-4-5-7-14(12)16-10-8-13(9-11-16)15(17)18-2/h12-14H,3-11H2,1-2H3. The molecule has 0 aromatic carbocycles. The van der Waals surface area contributed by atoms with Gasteiger partial charge in [-0.1, -0.05) is 26.2 Å². The average molecular weight is 253 g/mol. The molecule has 2 atom stereocenters. The Kier molecular flexibility index (Phi) is 5.04. The number of carbonyl (C=O) groups is 1. The first-order chi connectivity index (χ1) is 8.76. The van der Waals surface area contributed by atoms with Crippen molar-refractivity contribution in [3.05, 3.63) is 0 Å². The third-order valence-electron chi connectivity index (χ3n) is 4.93. The Labute approximate surface area is 111 Å². The normalized spacial score (nSPS) is 31.2. The van der Waals surface area contributed by atoms with Gasteiger partial charge in [-0.15, -0.1) is 0 Å². The summed E-state index contributed by atoms with van der Waals surface area (Å²) in [6, 6.07) is 0.780. The highest BCUT2D eigenvalue weighted by atomic mass is 16.5. The van der Waals surface area contributed by atoms with E-state index in [1.807, 2.05) is 0 Å². The molecule has 1 saturated carbocycles. The molecule has 1 saturated heterocycles. The van der Waals surface area contributed by atoms with Crippen LogP contribution in [0, 0.1) is 11.8 Å². The number of nitrogens with zero attached hydrogens (tertiary/aromatic N) is 1. The Bertz CT molecular complexity index is 272. The lowest BCUT2D eigenvalue weighted by Crippen LogP contribution is -2.47. The Hall–Kier alpha value is -0.570. The van der Waals surface area contributed by atoms with Crippen LogP contribution in [0.15, 0.2) is 0 Å². The van der Waals surface area contributed by atoms with E-state index >= 15 is 0 Å². The molecule has 2 aliphatic rings. The molecule has 18 heavy (non-hydrogen) atoms. The summed E-state index contributed by atoms with van der Waals surface area (Å²) in [5.74, 6) is 1.02. The van der Waals surface area contributed by atoms with Gasteiger partial charge < -0.3 is 9.64 Å². The van der Waals surface area contributed by atoms with Gasteiger partial charge in [0.25, 0.3) is 0 Å². The van der Waals surface area contributed by atoms with Crippen molar-refractivity contribution in [2.45, 2.75) is 57.9 Å². The second-order valence-electron chi connectivity index (χ2n) is 5.85. The summed E-state index contributed by atoms with van der Waals surface area (Å²) in [7, 11) is 1.50. The maximum absolute atomic E-state index is 11.5. The molecule has 0 radical (unpaired) electrons. The van der Waals surface area contributed by atoms with Crippen LogP contribution >= 0.6 is 0 Å². The fourth-order valence-electron chi connectivity index (χ4n) is 3.78. The number of likely N-dealkylation sites (tertiary alicyclic amines) is 1. The fraction of sp³-hybridized carbons (Fsp3) is 0.933. The van der Waals surface area contributed by atoms with E-state index in [1.165, 1.54) is 39.2 Å². The number of hydrogen-bond acceptors (Lipinski definition) is 3. The predicted molar refractivity (Wildman–Crippen MR) is 72.4 cm³/mol. The van der Waals surface area contributed by atoms with Crippen LogP contribution in [0.25, 0.3) is 0 Å². The van der Waals surface area contributed by atoms with E-state index in [2.05, 4.69) is 11.8 Å². The summed E-state index contributed by atoms with van der Waals surface area (Å²) >= 11 is 0. The van der Waals surface area contributed by atoms with Gasteiger partial charge in [0.05, 0.1) is 13.0 Å². The topological polar surface area (TPSA) is 29.5 Å². The Morgan fingerprint density at radius 3 is 2.44 bits per heavy atom. The van der Waals surface area contributed by atoms with Gasteiger partial charge >= 0.3 is 5.97 Å². The van der Waals surface area contributed by atoms with Crippen LogP contribution in [-0.4, -0.2) is 37.1 Å². The molecule has 0 aromatic rings. The minimum Gasteiger partial charge on any atom is -0.469 e. The highest BCUT2D eigenvalue weighted by Gasteiger charge is 2.33. The quantitative estimate of drug-likeness (QED) is 0.724. The van der Waals surface area contributed by atoms with Crippen molar-refractivity contribution in [1.82, 2.24) is 4.90 Å². The van der Waals surface area contributed by atoms with Crippen molar-refractivity contribution in [2.75, 3.05) is 20.2 Å². The van der Waals surface area contributed by atoms with Crippen LogP contribution in [0.3, 0.4) is 0 Å². The zero-order valence-corrected chi connectivity index (χ0v) is 11.9. The number of rotatable bonds is 3. The predicted octanol–water partition coefficient (Wildman–Crippen LogP) is 2.84. The molecule has 0 amide bonds. The lowest BCUT2D eigenvalue weighted by atomic mass is 9.80. The molecule has 0 aromatic heterocycles. The minimum absolute atomic E-state index is 0.00895. The lowest BCUT2D eigenvalue weighted by Gasteiger charge is -2.42. The summed E-state index contributed by atoms with van der Waals surface area (Å²) in [6.07, 6.45) is 8.84. The summed E-state index contributed by atoms with van der Waals surface area (Å²) in [6.45, 7) is 4.49. The molecule has 2 rings (SSSR count). The molecule has 2 fully saturated rings. The van der Waals surface area contributed by atoms with Crippen LogP contribution in [0.2, 0.25) is 0 Å². The smallest absolute Gasteiger partial charge is 0.308 e. The monoisotopic (exact) mass is 253 g/mol. The first-order valence-electron chi connectivity index (χ1n) is 7.58. The van der Waals surface area contributed by atoms with Crippen LogP contribution in [0.4, 0.5) is 0 Å². The second kappa shape index (κ2) is 6.55. The minimum atomic E-state index is -0.00895. The van der Waals surface area contributed by atoms with E-state index in [-0.39, 0.29) is 11.9 Å². The molecule has 3 nitrogen and oxygen atoms in total. The molecule has 2 unspecified atom stereocenters. The first kappa shape index (κ1) is 13.9. The van der Waals surface area contributed by atoms with Gasteiger partial charge in [-0.25, -0.2) is 0 Å². The zero-order valence-electron chi connectivity index (χ0n) is 11.9. The molecule has 1 aliphatic carbocycles. The first-order valence-corrected chi connectivity index (χ1v) is 7.58. The average Bonchev–Trinajstić information content (AvgIpc) is 2.46. The number of methoxy groups -OCH3 is 1. The highest BCUT2D eigenvalue weighted by Crippen LogP contribution is 2.33. The van der Waals surface area contributed by atoms with E-state index in [0.717, 1.165) is 37.9 Å². The Morgan fingerprint density at radius 1 is 1.17 bits per heavy atom. The maximum Gasteiger partial charge on any atom is 0.308 e. The van der Waals surface area contributed by atoms with Crippen molar-refractivity contribution in [1.29, 1.82) is 0 Å². The van der Waals surface area contributed by atoms with Gasteiger partial charge in [0.15, 0.2) is 0 Å². The molecular weight excluding hydrogens is 226 g/mol. The van der Waals surface area contributed by atoms with E-state index in [1.54, 1.807) is 0 Å². The number of ether oxygens (including phenoxy) is 1. The molecule has 0 bridgehead atoms. The Balaban J connectivity index is 1.86. The molecule has 3 heteroatoms. The number of hydrogen-bond donors (Lipinski definition) is 0. The van der Waals surface area contributed by atoms with E-state index in [9.17, 15) is 4.79 Å². The van der Waals surface area contributed by atoms with Gasteiger partial charge in [0.2, 0.25) is 0 Å². The summed E-state index contributed by atoms with van der Waals surface area (Å²) in [5.41, 5.74) is 0. The van der Waals surface area contributed by atoms with E-state index < -0.39 is 0 Å². The number of piperidine rings is 1. The van der Waals surface area contributed by atoms with Gasteiger partial charge in [0.1, 0.15) is 0 Å². The lowest BCUT2D eigenvalue weighted by molar-refractivity contribution is -0.147. The van der Waals surface area contributed by atoms with Crippen LogP contribution in [0.1, 0.15) is 51.9 Å². The van der Waals surface area contributed by atoms with Gasteiger partial charge in [-0.05, 0) is 44.7 Å². The maximum atomic E-state index is 11.5. The zero-order chi connectivity index (χ0) is 13.0. The van der Waals surface area contributed by atoms with Crippen molar-refractivity contribution < 1.29 is 9.53 Å². The van der Waals surface area contributed by atoms with E-state index in [0.29, 0.717) is 0 Å². The molecule has 0 spiro atoms. The fourth-order valence-corrected chi connectivity index (χ4v) is 3.78. The van der Waals surface area contributed by atoms with Crippen LogP contribution < -0.4 is 0 Å². The Morgan fingerprint density at radius 2 is 1.83 bits per heavy atom. The highest BCUT2D eigenvalue weighted by molar-refractivity contribution is 5.72. The van der Waals surface area contributed by atoms with Crippen molar-refractivity contribution in [3.63, 3.8) is 0 Å². The third-order valence-corrected chi connectivity index (χ3v) is 4.93. The molecule has 0 N–H and O–H groups in total. The number of esters is 1. The number of carbonyl (C=O) groups excluding carboxylic acids is 1. The summed E-state index contributed by atoms with van der Waals surface area (Å²) < 4.78 is 4.86. The molecular formula is C15H27NO2. The van der Waals surface area contributed by atoms with E-state index in [4.69, 9.17) is 4.74 Å². The molecule has 1 aliphatic heterocycles. The SMILES string of the molecule is CCC1CCCCC1N1CCC(C(=O)OC)CC1. The van der Waals surface area contributed by atoms with Crippen molar-refractivity contribution in [3.8, 4) is 0 Å². The van der Waals surface area contributed by atoms with Gasteiger partial charge in [-0.2, -0.15) is 0 Å². The van der Waals surface area contributed by atoms with Gasteiger partial charge in [-0.3, -0.25) is 4.79 Å². The van der Waals surface area contributed by atoms with Crippen LogP contribution in [0.5, 0.6) is 0 Å². The summed E-state index contributed by atoms with van der Waals surface area (Å²) in [5, 5.41) is 0. The molecule has 104 valence electrons. The van der Waals surface area contributed by atoms with Gasteiger partial charge in [0, 0.05) is 6.04 Å². The molecule has 1 heterocycles. The largest absolute Gasteiger partial charge is 0.469 e. The van der Waals surface area contributed by atoms with Crippen molar-refractivity contribution >= 4 is 5.97 Å².